The normalized spacial score (nSPS) is 12.0. The lowest BCUT2D eigenvalue weighted by Crippen LogP contribution is -2.32. The van der Waals surface area contributed by atoms with Crippen molar-refractivity contribution in [2.75, 3.05) is 12.3 Å². The molecule has 0 fully saturated rings. The largest absolute Gasteiger partial charge is 0.354 e. The first-order valence-corrected chi connectivity index (χ1v) is 10.3. The number of rotatable bonds is 8. The van der Waals surface area contributed by atoms with Crippen LogP contribution in [0.3, 0.4) is 0 Å². The van der Waals surface area contributed by atoms with Gasteiger partial charge in [0.15, 0.2) is 0 Å². The zero-order chi connectivity index (χ0) is 17.4. The molecule has 0 heterocycles. The quantitative estimate of drug-likeness (QED) is 0.506. The van der Waals surface area contributed by atoms with Gasteiger partial charge in [0.25, 0.3) is 0 Å². The van der Waals surface area contributed by atoms with Crippen molar-refractivity contribution >= 4 is 41.0 Å². The van der Waals surface area contributed by atoms with Crippen molar-refractivity contribution in [3.8, 4) is 0 Å². The summed E-state index contributed by atoms with van der Waals surface area (Å²) in [5.41, 5.74) is 2.37. The van der Waals surface area contributed by atoms with Crippen LogP contribution >= 0.6 is 35.1 Å². The third kappa shape index (κ3) is 6.42. The number of hydrogen-bond acceptors (Lipinski definition) is 3. The Balaban J connectivity index is 1.65. The van der Waals surface area contributed by atoms with Crippen LogP contribution in [0.15, 0.2) is 53.4 Å². The fourth-order valence-corrected chi connectivity index (χ4v) is 4.10. The molecule has 0 radical (unpaired) electrons. The molecule has 0 unspecified atom stereocenters. The maximum atomic E-state index is 12.1. The Morgan fingerprint density at radius 2 is 1.88 bits per heavy atom. The maximum Gasteiger partial charge on any atom is 0.233 e. The highest BCUT2D eigenvalue weighted by atomic mass is 35.5. The molecule has 5 heteroatoms. The fourth-order valence-electron chi connectivity index (χ4n) is 2.06. The van der Waals surface area contributed by atoms with Gasteiger partial charge in [0.1, 0.15) is 0 Å². The van der Waals surface area contributed by atoms with Crippen molar-refractivity contribution in [3.63, 3.8) is 0 Å². The number of carbonyl (C=O) groups is 1. The molecular weight excluding hydrogens is 358 g/mol. The minimum atomic E-state index is -0.0960. The second-order valence-electron chi connectivity index (χ2n) is 5.51. The first-order valence-electron chi connectivity index (χ1n) is 7.88. The van der Waals surface area contributed by atoms with Crippen LogP contribution in [0.25, 0.3) is 0 Å². The van der Waals surface area contributed by atoms with Crippen molar-refractivity contribution in [2.45, 2.75) is 29.7 Å². The predicted octanol–water partition coefficient (Wildman–Crippen LogP) is 5.18. The van der Waals surface area contributed by atoms with Crippen LogP contribution in [-0.4, -0.2) is 23.5 Å². The molecule has 24 heavy (non-hydrogen) atoms. The minimum Gasteiger partial charge on any atom is -0.354 e. The summed E-state index contributed by atoms with van der Waals surface area (Å²) < 4.78 is 0. The second kappa shape index (κ2) is 10.0. The van der Waals surface area contributed by atoms with E-state index < -0.39 is 0 Å². The molecule has 128 valence electrons. The highest BCUT2D eigenvalue weighted by Gasteiger charge is 2.13. The summed E-state index contributed by atoms with van der Waals surface area (Å²) in [4.78, 5) is 13.3. The van der Waals surface area contributed by atoms with Crippen LogP contribution in [0.5, 0.6) is 0 Å². The summed E-state index contributed by atoms with van der Waals surface area (Å²) in [5, 5.41) is 3.71. The Kier molecular flexibility index (Phi) is 8.03. The summed E-state index contributed by atoms with van der Waals surface area (Å²) in [6, 6.07) is 16.1. The lowest BCUT2D eigenvalue weighted by Gasteiger charge is -2.12. The van der Waals surface area contributed by atoms with Gasteiger partial charge in [-0.1, -0.05) is 47.5 Å². The molecule has 2 nitrogen and oxygen atoms in total. The molecule has 0 aromatic heterocycles. The van der Waals surface area contributed by atoms with Gasteiger partial charge in [0.05, 0.1) is 5.25 Å². The summed E-state index contributed by atoms with van der Waals surface area (Å²) >= 11 is 9.49. The maximum absolute atomic E-state index is 12.1. The third-order valence-corrected chi connectivity index (χ3v) is 5.95. The highest BCUT2D eigenvalue weighted by molar-refractivity contribution is 8.00. The summed E-state index contributed by atoms with van der Waals surface area (Å²) in [6.45, 7) is 4.67. The molecule has 0 saturated heterocycles. The monoisotopic (exact) mass is 379 g/mol. The number of hydrogen-bond donors (Lipinski definition) is 1. The lowest BCUT2D eigenvalue weighted by molar-refractivity contribution is -0.120. The fraction of sp³-hybridized carbons (Fsp3) is 0.316. The Morgan fingerprint density at radius 1 is 1.17 bits per heavy atom. The van der Waals surface area contributed by atoms with Gasteiger partial charge in [-0.05, 0) is 37.6 Å². The SMILES string of the molecule is Cc1ccc(S[C@@H](C)C(=O)NCCSCc2ccccc2Cl)cc1. The van der Waals surface area contributed by atoms with Crippen LogP contribution in [0, 0.1) is 6.92 Å². The predicted molar refractivity (Wildman–Crippen MR) is 107 cm³/mol. The van der Waals surface area contributed by atoms with Crippen molar-refractivity contribution in [3.05, 3.63) is 64.7 Å². The highest BCUT2D eigenvalue weighted by Crippen LogP contribution is 2.23. The number of benzene rings is 2. The smallest absolute Gasteiger partial charge is 0.233 e. The third-order valence-electron chi connectivity index (χ3n) is 3.46. The molecule has 0 aliphatic carbocycles. The Morgan fingerprint density at radius 3 is 2.58 bits per heavy atom. The second-order valence-corrected chi connectivity index (χ2v) is 8.43. The van der Waals surface area contributed by atoms with E-state index in [-0.39, 0.29) is 11.2 Å². The van der Waals surface area contributed by atoms with E-state index >= 15 is 0 Å². The van der Waals surface area contributed by atoms with E-state index in [1.165, 1.54) is 5.56 Å². The summed E-state index contributed by atoms with van der Waals surface area (Å²) in [7, 11) is 0. The molecule has 1 N–H and O–H groups in total. The van der Waals surface area contributed by atoms with Crippen molar-refractivity contribution < 1.29 is 4.79 Å². The van der Waals surface area contributed by atoms with Gasteiger partial charge in [-0.3, -0.25) is 4.79 Å². The van der Waals surface area contributed by atoms with E-state index in [2.05, 4.69) is 36.5 Å². The Bertz CT molecular complexity index is 661. The standard InChI is InChI=1S/C19H22ClNOS2/c1-14-7-9-17(10-8-14)24-15(2)19(22)21-11-12-23-13-16-5-3-4-6-18(16)20/h3-10,15H,11-13H2,1-2H3,(H,21,22)/t15-/m0/s1. The topological polar surface area (TPSA) is 29.1 Å². The molecule has 2 aromatic carbocycles. The van der Waals surface area contributed by atoms with Crippen LogP contribution in [0.1, 0.15) is 18.1 Å². The van der Waals surface area contributed by atoms with E-state index in [4.69, 9.17) is 11.6 Å². The van der Waals surface area contributed by atoms with E-state index in [1.807, 2.05) is 31.2 Å². The number of aryl methyl sites for hydroxylation is 1. The van der Waals surface area contributed by atoms with Crippen LogP contribution in [-0.2, 0) is 10.5 Å². The number of thioether (sulfide) groups is 2. The van der Waals surface area contributed by atoms with Crippen molar-refractivity contribution in [1.29, 1.82) is 0 Å². The lowest BCUT2D eigenvalue weighted by atomic mass is 10.2. The average Bonchev–Trinajstić information content (AvgIpc) is 2.58. The number of nitrogens with one attached hydrogen (secondary N) is 1. The molecule has 1 atom stereocenters. The van der Waals surface area contributed by atoms with Gasteiger partial charge < -0.3 is 5.32 Å². The summed E-state index contributed by atoms with van der Waals surface area (Å²) in [5.74, 6) is 1.82. The first kappa shape index (κ1) is 19.2. The van der Waals surface area contributed by atoms with Gasteiger partial charge in [0, 0.05) is 28.0 Å². The van der Waals surface area contributed by atoms with Crippen LogP contribution in [0.2, 0.25) is 5.02 Å². The molecule has 0 saturated carbocycles. The van der Waals surface area contributed by atoms with Gasteiger partial charge in [-0.15, -0.1) is 11.8 Å². The first-order chi connectivity index (χ1) is 11.6. The van der Waals surface area contributed by atoms with Crippen LogP contribution < -0.4 is 5.32 Å². The number of amides is 1. The van der Waals surface area contributed by atoms with E-state index in [0.717, 1.165) is 27.0 Å². The van der Waals surface area contributed by atoms with E-state index in [1.54, 1.807) is 23.5 Å². The molecular formula is C19H22ClNOS2. The molecule has 2 rings (SSSR count). The average molecular weight is 380 g/mol. The van der Waals surface area contributed by atoms with Crippen molar-refractivity contribution in [1.82, 2.24) is 5.32 Å². The summed E-state index contributed by atoms with van der Waals surface area (Å²) in [6.07, 6.45) is 0. The van der Waals surface area contributed by atoms with Crippen LogP contribution in [0.4, 0.5) is 0 Å². The molecule has 0 aliphatic rings. The van der Waals surface area contributed by atoms with Gasteiger partial charge in [0.2, 0.25) is 5.91 Å². The van der Waals surface area contributed by atoms with E-state index in [9.17, 15) is 4.79 Å². The molecule has 1 amide bonds. The van der Waals surface area contributed by atoms with Gasteiger partial charge in [-0.25, -0.2) is 0 Å². The van der Waals surface area contributed by atoms with Gasteiger partial charge >= 0.3 is 0 Å². The van der Waals surface area contributed by atoms with Crippen molar-refractivity contribution in [2.24, 2.45) is 0 Å². The van der Waals surface area contributed by atoms with E-state index in [0.29, 0.717) is 6.54 Å². The molecule has 0 aliphatic heterocycles. The molecule has 0 bridgehead atoms. The molecule has 0 spiro atoms. The Hall–Kier alpha value is -1.10. The number of halogens is 1. The Labute approximate surface area is 157 Å². The van der Waals surface area contributed by atoms with Gasteiger partial charge in [-0.2, -0.15) is 11.8 Å². The minimum absolute atomic E-state index is 0.0823. The zero-order valence-corrected chi connectivity index (χ0v) is 16.3. The molecule has 2 aromatic rings. The zero-order valence-electron chi connectivity index (χ0n) is 13.9. The number of carbonyl (C=O) groups excluding carboxylic acids is 1.